The van der Waals surface area contributed by atoms with E-state index >= 15 is 0 Å². The molecule has 0 fully saturated rings. The van der Waals surface area contributed by atoms with Gasteiger partial charge in [-0.15, -0.1) is 0 Å². The molecule has 1 N–H and O–H groups in total. The van der Waals surface area contributed by atoms with Crippen LogP contribution in [-0.4, -0.2) is 5.11 Å². The predicted molar refractivity (Wildman–Crippen MR) is 83.4 cm³/mol. The molecule has 0 amide bonds. The van der Waals surface area contributed by atoms with E-state index in [9.17, 15) is 9.50 Å². The monoisotopic (exact) mass is 356 g/mol. The van der Waals surface area contributed by atoms with Crippen LogP contribution < -0.4 is 0 Å². The lowest BCUT2D eigenvalue weighted by atomic mass is 9.85. The second-order valence-electron chi connectivity index (χ2n) is 4.81. The maximum absolute atomic E-state index is 13.9. The Kier molecular flexibility index (Phi) is 4.84. The first-order valence-corrected chi connectivity index (χ1v) is 7.54. The lowest BCUT2D eigenvalue weighted by molar-refractivity contribution is 0.0318. The molecule has 0 aliphatic rings. The molecule has 1 nitrogen and oxygen atoms in total. The highest BCUT2D eigenvalue weighted by atomic mass is 79.9. The Balaban J connectivity index is 2.36. The molecule has 0 heterocycles. The number of benzene rings is 2. The van der Waals surface area contributed by atoms with E-state index in [1.54, 1.807) is 12.1 Å². The van der Waals surface area contributed by atoms with Gasteiger partial charge >= 0.3 is 0 Å². The van der Waals surface area contributed by atoms with Gasteiger partial charge < -0.3 is 5.11 Å². The molecule has 20 heavy (non-hydrogen) atoms. The first-order valence-electron chi connectivity index (χ1n) is 6.37. The van der Waals surface area contributed by atoms with Gasteiger partial charge in [0.25, 0.3) is 0 Å². The Morgan fingerprint density at radius 3 is 2.60 bits per heavy atom. The first-order chi connectivity index (χ1) is 9.44. The minimum absolute atomic E-state index is 0.211. The van der Waals surface area contributed by atoms with Gasteiger partial charge in [0.15, 0.2) is 0 Å². The minimum atomic E-state index is -1.10. The third-order valence-corrected chi connectivity index (χ3v) is 4.17. The number of hydrogen-bond donors (Lipinski definition) is 1. The molecule has 0 aliphatic heterocycles. The summed E-state index contributed by atoms with van der Waals surface area (Å²) in [5.74, 6) is -0.389. The molecule has 4 heteroatoms. The number of halogens is 3. The molecule has 0 saturated carbocycles. The number of hydrogen-bond acceptors (Lipinski definition) is 1. The Labute approximate surface area is 131 Å². The van der Waals surface area contributed by atoms with Crippen molar-refractivity contribution in [3.63, 3.8) is 0 Å². The average Bonchev–Trinajstić information content (AvgIpc) is 2.42. The molecular formula is C16H15BrClFO. The van der Waals surface area contributed by atoms with Crippen LogP contribution >= 0.6 is 27.5 Å². The topological polar surface area (TPSA) is 20.2 Å². The van der Waals surface area contributed by atoms with E-state index in [1.807, 2.05) is 31.2 Å². The predicted octanol–water partition coefficient (Wildman–Crippen LogP) is 5.08. The molecule has 0 aromatic heterocycles. The third-order valence-electron chi connectivity index (χ3n) is 3.44. The SMILES string of the molecule is CCC(O)(Cc1ccc(Cl)cc1F)c1cccc(Br)c1. The molecular weight excluding hydrogens is 343 g/mol. The van der Waals surface area contributed by atoms with Crippen LogP contribution in [0.15, 0.2) is 46.9 Å². The highest BCUT2D eigenvalue weighted by molar-refractivity contribution is 9.10. The summed E-state index contributed by atoms with van der Waals surface area (Å²) in [7, 11) is 0. The molecule has 1 unspecified atom stereocenters. The minimum Gasteiger partial charge on any atom is -0.385 e. The second-order valence-corrected chi connectivity index (χ2v) is 6.16. The third kappa shape index (κ3) is 3.40. The van der Waals surface area contributed by atoms with Gasteiger partial charge in [-0.05, 0) is 41.8 Å². The molecule has 0 bridgehead atoms. The largest absolute Gasteiger partial charge is 0.385 e. The van der Waals surface area contributed by atoms with Gasteiger partial charge in [-0.1, -0.05) is 52.7 Å². The summed E-state index contributed by atoms with van der Waals surface area (Å²) in [6, 6.07) is 12.0. The number of aliphatic hydroxyl groups is 1. The van der Waals surface area contributed by atoms with Crippen molar-refractivity contribution < 1.29 is 9.50 Å². The van der Waals surface area contributed by atoms with E-state index < -0.39 is 5.60 Å². The van der Waals surface area contributed by atoms with Gasteiger partial charge in [0.2, 0.25) is 0 Å². The zero-order valence-corrected chi connectivity index (χ0v) is 13.4. The summed E-state index contributed by atoms with van der Waals surface area (Å²) >= 11 is 9.14. The normalized spacial score (nSPS) is 14.1. The van der Waals surface area contributed by atoms with Gasteiger partial charge in [0, 0.05) is 15.9 Å². The van der Waals surface area contributed by atoms with Gasteiger partial charge in [-0.3, -0.25) is 0 Å². The van der Waals surface area contributed by atoms with Crippen molar-refractivity contribution in [2.45, 2.75) is 25.4 Å². The van der Waals surface area contributed by atoms with Crippen molar-refractivity contribution in [3.05, 3.63) is 68.9 Å². The Bertz CT molecular complexity index is 617. The maximum Gasteiger partial charge on any atom is 0.127 e. The van der Waals surface area contributed by atoms with E-state index in [4.69, 9.17) is 11.6 Å². The van der Waals surface area contributed by atoms with Crippen LogP contribution in [0.1, 0.15) is 24.5 Å². The van der Waals surface area contributed by atoms with Crippen LogP contribution in [0.2, 0.25) is 5.02 Å². The Hall–Kier alpha value is -0.900. The van der Waals surface area contributed by atoms with E-state index in [0.717, 1.165) is 10.0 Å². The van der Waals surface area contributed by atoms with Gasteiger partial charge in [-0.2, -0.15) is 0 Å². The van der Waals surface area contributed by atoms with Crippen molar-refractivity contribution in [2.75, 3.05) is 0 Å². The fraction of sp³-hybridized carbons (Fsp3) is 0.250. The molecule has 2 aromatic rings. The highest BCUT2D eigenvalue weighted by Gasteiger charge is 2.28. The standard InChI is InChI=1S/C16H15BrClFO/c1-2-16(20,12-4-3-5-13(17)8-12)10-11-6-7-14(18)9-15(11)19/h3-9,20H,2,10H2,1H3. The van der Waals surface area contributed by atoms with Crippen LogP contribution in [0.5, 0.6) is 0 Å². The Morgan fingerprint density at radius 1 is 1.25 bits per heavy atom. The lowest BCUT2D eigenvalue weighted by Gasteiger charge is -2.28. The molecule has 0 saturated heterocycles. The summed E-state index contributed by atoms with van der Waals surface area (Å²) in [6.45, 7) is 1.88. The van der Waals surface area contributed by atoms with Crippen molar-refractivity contribution in [1.29, 1.82) is 0 Å². The van der Waals surface area contributed by atoms with E-state index in [1.165, 1.54) is 6.07 Å². The van der Waals surface area contributed by atoms with E-state index in [0.29, 0.717) is 17.0 Å². The summed E-state index contributed by atoms with van der Waals surface area (Å²) < 4.78 is 14.8. The van der Waals surface area contributed by atoms with Crippen molar-refractivity contribution >= 4 is 27.5 Å². The Morgan fingerprint density at radius 2 is 2.00 bits per heavy atom. The van der Waals surface area contributed by atoms with Crippen molar-refractivity contribution in [1.82, 2.24) is 0 Å². The molecule has 106 valence electrons. The zero-order valence-electron chi connectivity index (χ0n) is 11.0. The van der Waals surface area contributed by atoms with Crippen LogP contribution in [0.25, 0.3) is 0 Å². The summed E-state index contributed by atoms with van der Waals surface area (Å²) in [6.07, 6.45) is 0.703. The second kappa shape index (κ2) is 6.25. The summed E-state index contributed by atoms with van der Waals surface area (Å²) in [4.78, 5) is 0. The van der Waals surface area contributed by atoms with Gasteiger partial charge in [-0.25, -0.2) is 4.39 Å². The quantitative estimate of drug-likeness (QED) is 0.809. The van der Waals surface area contributed by atoms with E-state index in [2.05, 4.69) is 15.9 Å². The fourth-order valence-electron chi connectivity index (χ4n) is 2.19. The van der Waals surface area contributed by atoms with Crippen LogP contribution in [0.4, 0.5) is 4.39 Å². The smallest absolute Gasteiger partial charge is 0.127 e. The first kappa shape index (κ1) is 15.5. The summed E-state index contributed by atoms with van der Waals surface area (Å²) in [5.41, 5.74) is 0.126. The lowest BCUT2D eigenvalue weighted by Crippen LogP contribution is -2.28. The molecule has 2 rings (SSSR count). The number of rotatable bonds is 4. The van der Waals surface area contributed by atoms with Gasteiger partial charge in [0.05, 0.1) is 5.60 Å². The molecule has 0 radical (unpaired) electrons. The van der Waals surface area contributed by atoms with Crippen LogP contribution in [-0.2, 0) is 12.0 Å². The molecule has 0 aliphatic carbocycles. The van der Waals surface area contributed by atoms with Crippen molar-refractivity contribution in [3.8, 4) is 0 Å². The summed E-state index contributed by atoms with van der Waals surface area (Å²) in [5, 5.41) is 11.2. The van der Waals surface area contributed by atoms with Gasteiger partial charge in [0.1, 0.15) is 5.82 Å². The van der Waals surface area contributed by atoms with E-state index in [-0.39, 0.29) is 12.2 Å². The van der Waals surface area contributed by atoms with Crippen LogP contribution in [0, 0.1) is 5.82 Å². The molecule has 1 atom stereocenters. The zero-order chi connectivity index (χ0) is 14.8. The molecule has 0 spiro atoms. The highest BCUT2D eigenvalue weighted by Crippen LogP contribution is 2.32. The maximum atomic E-state index is 13.9. The average molecular weight is 358 g/mol. The van der Waals surface area contributed by atoms with Crippen LogP contribution in [0.3, 0.4) is 0 Å². The van der Waals surface area contributed by atoms with Crippen molar-refractivity contribution in [2.24, 2.45) is 0 Å². The molecule has 2 aromatic carbocycles. The fourth-order valence-corrected chi connectivity index (χ4v) is 2.75.